The number of hydrogen-bond acceptors (Lipinski definition) is 4. The lowest BCUT2D eigenvalue weighted by molar-refractivity contribution is 0.402. The molecular formula is C14H24N4O. The molecule has 5 nitrogen and oxygen atoms in total. The Balaban J connectivity index is 2.12. The van der Waals surface area contributed by atoms with Crippen LogP contribution in [0.3, 0.4) is 0 Å². The van der Waals surface area contributed by atoms with Gasteiger partial charge < -0.3 is 14.8 Å². The van der Waals surface area contributed by atoms with Gasteiger partial charge in [0.2, 0.25) is 0 Å². The highest BCUT2D eigenvalue weighted by Gasteiger charge is 2.18. The molecule has 1 N–H and O–H groups in total. The van der Waals surface area contributed by atoms with Crippen molar-refractivity contribution in [3.63, 3.8) is 0 Å². The van der Waals surface area contributed by atoms with Crippen molar-refractivity contribution >= 4 is 5.82 Å². The van der Waals surface area contributed by atoms with Gasteiger partial charge in [-0.15, -0.1) is 0 Å². The van der Waals surface area contributed by atoms with E-state index in [1.165, 1.54) is 19.3 Å². The number of nitrogens with zero attached hydrogens (tertiary/aromatic N) is 3. The second-order valence-electron chi connectivity index (χ2n) is 5.58. The number of likely N-dealkylation sites (N-methyl/N-ethyl adjacent to an activating group) is 1. The average molecular weight is 264 g/mol. The minimum Gasteiger partial charge on any atom is -0.354 e. The first-order valence-corrected chi connectivity index (χ1v) is 7.11. The summed E-state index contributed by atoms with van der Waals surface area (Å²) in [5.41, 5.74) is -0.00388. The molecule has 2 heterocycles. The Morgan fingerprint density at radius 3 is 2.95 bits per heavy atom. The normalized spacial score (nSPS) is 19.7. The maximum absolute atomic E-state index is 12.3. The van der Waals surface area contributed by atoms with E-state index in [9.17, 15) is 4.79 Å². The van der Waals surface area contributed by atoms with Crippen molar-refractivity contribution < 1.29 is 0 Å². The zero-order valence-corrected chi connectivity index (χ0v) is 12.1. The fourth-order valence-electron chi connectivity index (χ4n) is 2.58. The maximum atomic E-state index is 12.3. The second-order valence-corrected chi connectivity index (χ2v) is 5.58. The number of hydrogen-bond donors (Lipinski definition) is 1. The highest BCUT2D eigenvalue weighted by atomic mass is 16.1. The molecular weight excluding hydrogens is 240 g/mol. The molecule has 1 unspecified atom stereocenters. The zero-order chi connectivity index (χ0) is 13.8. The first-order valence-electron chi connectivity index (χ1n) is 7.11. The van der Waals surface area contributed by atoms with Crippen LogP contribution in [0.25, 0.3) is 0 Å². The van der Waals surface area contributed by atoms with Gasteiger partial charge in [0.25, 0.3) is 5.56 Å². The SMILES string of the molecule is CC(C)n1ccnc(N(C)CC2CCCCN2)c1=O. The smallest absolute Gasteiger partial charge is 0.293 e. The van der Waals surface area contributed by atoms with Crippen molar-refractivity contribution in [1.29, 1.82) is 0 Å². The second kappa shape index (κ2) is 6.19. The van der Waals surface area contributed by atoms with Crippen LogP contribution in [0.15, 0.2) is 17.2 Å². The Morgan fingerprint density at radius 1 is 1.53 bits per heavy atom. The molecule has 1 aliphatic rings. The third-order valence-corrected chi connectivity index (χ3v) is 3.67. The van der Waals surface area contributed by atoms with E-state index in [0.29, 0.717) is 11.9 Å². The van der Waals surface area contributed by atoms with Gasteiger partial charge in [-0.3, -0.25) is 4.79 Å². The lowest BCUT2D eigenvalue weighted by Gasteiger charge is -2.28. The van der Waals surface area contributed by atoms with Crippen molar-refractivity contribution in [2.24, 2.45) is 0 Å². The molecule has 106 valence electrons. The van der Waals surface area contributed by atoms with Gasteiger partial charge in [0.05, 0.1) is 0 Å². The van der Waals surface area contributed by atoms with E-state index in [0.717, 1.165) is 13.1 Å². The summed E-state index contributed by atoms with van der Waals surface area (Å²) < 4.78 is 1.73. The van der Waals surface area contributed by atoms with Crippen molar-refractivity contribution in [2.45, 2.75) is 45.2 Å². The molecule has 0 amide bonds. The zero-order valence-electron chi connectivity index (χ0n) is 12.1. The van der Waals surface area contributed by atoms with Crippen LogP contribution in [0.1, 0.15) is 39.2 Å². The lowest BCUT2D eigenvalue weighted by atomic mass is 10.0. The Kier molecular flexibility index (Phi) is 4.58. The molecule has 1 atom stereocenters. The topological polar surface area (TPSA) is 50.2 Å². The number of rotatable bonds is 4. The van der Waals surface area contributed by atoms with Gasteiger partial charge in [0.15, 0.2) is 5.82 Å². The van der Waals surface area contributed by atoms with Crippen LogP contribution >= 0.6 is 0 Å². The van der Waals surface area contributed by atoms with Crippen LogP contribution in [0, 0.1) is 0 Å². The van der Waals surface area contributed by atoms with Gasteiger partial charge in [-0.1, -0.05) is 6.42 Å². The van der Waals surface area contributed by atoms with Crippen LogP contribution in [0.5, 0.6) is 0 Å². The first-order chi connectivity index (χ1) is 9.09. The minimum absolute atomic E-state index is 0.00388. The third-order valence-electron chi connectivity index (χ3n) is 3.67. The van der Waals surface area contributed by atoms with Gasteiger partial charge in [-0.05, 0) is 33.2 Å². The van der Waals surface area contributed by atoms with Crippen molar-refractivity contribution in [3.05, 3.63) is 22.7 Å². The van der Waals surface area contributed by atoms with E-state index in [4.69, 9.17) is 0 Å². The molecule has 0 radical (unpaired) electrons. The van der Waals surface area contributed by atoms with Crippen LogP contribution in [-0.2, 0) is 0 Å². The van der Waals surface area contributed by atoms with E-state index in [1.54, 1.807) is 17.0 Å². The average Bonchev–Trinajstić information content (AvgIpc) is 2.39. The molecule has 1 aromatic rings. The molecule has 1 aromatic heterocycles. The van der Waals surface area contributed by atoms with E-state index >= 15 is 0 Å². The summed E-state index contributed by atoms with van der Waals surface area (Å²) >= 11 is 0. The van der Waals surface area contributed by atoms with Crippen molar-refractivity contribution in [3.8, 4) is 0 Å². The summed E-state index contributed by atoms with van der Waals surface area (Å²) in [7, 11) is 1.95. The van der Waals surface area contributed by atoms with E-state index in [2.05, 4.69) is 10.3 Å². The van der Waals surface area contributed by atoms with Crippen molar-refractivity contribution in [1.82, 2.24) is 14.9 Å². The van der Waals surface area contributed by atoms with Gasteiger partial charge in [0.1, 0.15) is 0 Å². The Morgan fingerprint density at radius 2 is 2.32 bits per heavy atom. The number of aromatic nitrogens is 2. The highest BCUT2D eigenvalue weighted by Crippen LogP contribution is 2.11. The van der Waals surface area contributed by atoms with Crippen LogP contribution in [0.4, 0.5) is 5.82 Å². The molecule has 0 spiro atoms. The maximum Gasteiger partial charge on any atom is 0.293 e. The molecule has 0 aromatic carbocycles. The minimum atomic E-state index is -0.00388. The number of piperidine rings is 1. The Bertz CT molecular complexity index is 463. The molecule has 1 aliphatic heterocycles. The molecule has 1 fully saturated rings. The summed E-state index contributed by atoms with van der Waals surface area (Å²) in [6.45, 7) is 5.93. The summed E-state index contributed by atoms with van der Waals surface area (Å²) in [5.74, 6) is 0.545. The number of anilines is 1. The summed E-state index contributed by atoms with van der Waals surface area (Å²) in [4.78, 5) is 18.6. The molecule has 5 heteroatoms. The van der Waals surface area contributed by atoms with Gasteiger partial charge >= 0.3 is 0 Å². The first kappa shape index (κ1) is 14.1. The molecule has 2 rings (SSSR count). The van der Waals surface area contributed by atoms with E-state index in [1.807, 2.05) is 25.8 Å². The summed E-state index contributed by atoms with van der Waals surface area (Å²) in [6.07, 6.45) is 7.16. The standard InChI is InChI=1S/C14H24N4O/c1-11(2)18-9-8-16-13(14(18)19)17(3)10-12-6-4-5-7-15-12/h8-9,11-12,15H,4-7,10H2,1-3H3. The summed E-state index contributed by atoms with van der Waals surface area (Å²) in [5, 5.41) is 3.50. The largest absolute Gasteiger partial charge is 0.354 e. The molecule has 0 bridgehead atoms. The van der Waals surface area contributed by atoms with Crippen LogP contribution in [0.2, 0.25) is 0 Å². The molecule has 1 saturated heterocycles. The van der Waals surface area contributed by atoms with Gasteiger partial charge in [-0.25, -0.2) is 4.98 Å². The lowest BCUT2D eigenvalue weighted by Crippen LogP contribution is -2.44. The number of nitrogens with one attached hydrogen (secondary N) is 1. The predicted molar refractivity (Wildman–Crippen MR) is 77.8 cm³/mol. The Hall–Kier alpha value is -1.36. The fourth-order valence-corrected chi connectivity index (χ4v) is 2.58. The molecule has 0 aliphatic carbocycles. The van der Waals surface area contributed by atoms with Crippen LogP contribution in [-0.4, -0.2) is 35.7 Å². The fraction of sp³-hybridized carbons (Fsp3) is 0.714. The summed E-state index contributed by atoms with van der Waals surface area (Å²) in [6, 6.07) is 0.628. The van der Waals surface area contributed by atoms with Crippen LogP contribution < -0.4 is 15.8 Å². The monoisotopic (exact) mass is 264 g/mol. The highest BCUT2D eigenvalue weighted by molar-refractivity contribution is 5.34. The van der Waals surface area contributed by atoms with Gasteiger partial charge in [0, 0.05) is 38.1 Å². The van der Waals surface area contributed by atoms with E-state index < -0.39 is 0 Å². The van der Waals surface area contributed by atoms with Gasteiger partial charge in [-0.2, -0.15) is 0 Å². The van der Waals surface area contributed by atoms with E-state index in [-0.39, 0.29) is 11.6 Å². The third kappa shape index (κ3) is 3.35. The molecule has 19 heavy (non-hydrogen) atoms. The predicted octanol–water partition coefficient (Wildman–Crippen LogP) is 1.40. The Labute approximate surface area is 114 Å². The quantitative estimate of drug-likeness (QED) is 0.893. The van der Waals surface area contributed by atoms with Crippen molar-refractivity contribution in [2.75, 3.05) is 25.0 Å². The molecule has 0 saturated carbocycles.